The number of rotatable bonds is 5. The molecule has 2 aliphatic rings. The van der Waals surface area contributed by atoms with Gasteiger partial charge < -0.3 is 9.84 Å². The Morgan fingerprint density at radius 1 is 1.35 bits per heavy atom. The van der Waals surface area contributed by atoms with Gasteiger partial charge in [0, 0.05) is 18.4 Å². The van der Waals surface area contributed by atoms with Gasteiger partial charge >= 0.3 is 0 Å². The van der Waals surface area contributed by atoms with E-state index in [1.165, 1.54) is 12.8 Å². The van der Waals surface area contributed by atoms with Crippen molar-refractivity contribution in [1.82, 2.24) is 20.4 Å². The maximum atomic E-state index is 11.8. The van der Waals surface area contributed by atoms with Gasteiger partial charge in [0.05, 0.1) is 6.54 Å². The molecule has 1 saturated heterocycles. The maximum absolute atomic E-state index is 11.8. The van der Waals surface area contributed by atoms with Crippen LogP contribution in [0, 0.1) is 5.92 Å². The van der Waals surface area contributed by atoms with Crippen LogP contribution in [0.1, 0.15) is 50.2 Å². The number of hydrogen-bond donors (Lipinski definition) is 1. The van der Waals surface area contributed by atoms with Crippen LogP contribution in [0.3, 0.4) is 0 Å². The van der Waals surface area contributed by atoms with E-state index in [4.69, 9.17) is 4.52 Å². The van der Waals surface area contributed by atoms with Gasteiger partial charge in [-0.1, -0.05) is 5.16 Å². The Morgan fingerprint density at radius 2 is 2.10 bits per heavy atom. The number of carbonyl (C=O) groups excluding carboxylic acids is 1. The van der Waals surface area contributed by atoms with E-state index >= 15 is 0 Å². The van der Waals surface area contributed by atoms with Gasteiger partial charge in [0.2, 0.25) is 11.8 Å². The van der Waals surface area contributed by atoms with Crippen LogP contribution >= 0.6 is 0 Å². The van der Waals surface area contributed by atoms with Crippen molar-refractivity contribution in [1.29, 1.82) is 0 Å². The lowest BCUT2D eigenvalue weighted by Gasteiger charge is -2.30. The summed E-state index contributed by atoms with van der Waals surface area (Å²) >= 11 is 0. The lowest BCUT2D eigenvalue weighted by atomic mass is 9.96. The summed E-state index contributed by atoms with van der Waals surface area (Å²) < 4.78 is 5.30. The van der Waals surface area contributed by atoms with Gasteiger partial charge in [0.25, 0.3) is 0 Å². The molecule has 0 spiro atoms. The van der Waals surface area contributed by atoms with Crippen LogP contribution in [0.25, 0.3) is 0 Å². The lowest BCUT2D eigenvalue weighted by Crippen LogP contribution is -2.40. The molecular formula is C14H22N4O2. The lowest BCUT2D eigenvalue weighted by molar-refractivity contribution is -0.126. The second-order valence-corrected chi connectivity index (χ2v) is 5.77. The Morgan fingerprint density at radius 3 is 2.75 bits per heavy atom. The van der Waals surface area contributed by atoms with E-state index < -0.39 is 0 Å². The molecule has 6 nitrogen and oxygen atoms in total. The van der Waals surface area contributed by atoms with Crippen LogP contribution in [-0.4, -0.2) is 40.6 Å². The summed E-state index contributed by atoms with van der Waals surface area (Å²) in [6, 6.07) is 0. The van der Waals surface area contributed by atoms with E-state index in [1.807, 2.05) is 6.92 Å². The third kappa shape index (κ3) is 3.17. The minimum atomic E-state index is 0.163. The zero-order valence-corrected chi connectivity index (χ0v) is 12.0. The SMILES string of the molecule is CCNC(=O)C1CCN(Cc2nc(C3CC3)no2)CC1. The van der Waals surface area contributed by atoms with Crippen molar-refractivity contribution in [3.63, 3.8) is 0 Å². The number of likely N-dealkylation sites (tertiary alicyclic amines) is 1. The van der Waals surface area contributed by atoms with Gasteiger partial charge in [-0.3, -0.25) is 9.69 Å². The van der Waals surface area contributed by atoms with Crippen molar-refractivity contribution in [3.8, 4) is 0 Å². The zero-order valence-electron chi connectivity index (χ0n) is 12.0. The number of piperidine rings is 1. The van der Waals surface area contributed by atoms with E-state index in [-0.39, 0.29) is 11.8 Å². The molecule has 2 heterocycles. The Hall–Kier alpha value is -1.43. The summed E-state index contributed by atoms with van der Waals surface area (Å²) in [4.78, 5) is 18.5. The highest BCUT2D eigenvalue weighted by Crippen LogP contribution is 2.38. The number of nitrogens with zero attached hydrogens (tertiary/aromatic N) is 3. The number of aromatic nitrogens is 2. The molecule has 0 aromatic carbocycles. The summed E-state index contributed by atoms with van der Waals surface area (Å²) in [5, 5.41) is 6.94. The first kappa shape index (κ1) is 13.5. The number of hydrogen-bond acceptors (Lipinski definition) is 5. The molecule has 1 saturated carbocycles. The summed E-state index contributed by atoms with van der Waals surface area (Å²) in [6.45, 7) is 5.22. The van der Waals surface area contributed by atoms with Gasteiger partial charge in [-0.25, -0.2) is 0 Å². The van der Waals surface area contributed by atoms with Crippen molar-refractivity contribution < 1.29 is 9.32 Å². The normalized spacial score (nSPS) is 21.1. The quantitative estimate of drug-likeness (QED) is 0.879. The largest absolute Gasteiger partial charge is 0.356 e. The number of amides is 1. The summed E-state index contributed by atoms with van der Waals surface area (Å²) in [7, 11) is 0. The Labute approximate surface area is 118 Å². The summed E-state index contributed by atoms with van der Waals surface area (Å²) in [5.41, 5.74) is 0. The molecule has 1 N–H and O–H groups in total. The molecule has 0 radical (unpaired) electrons. The standard InChI is InChI=1S/C14H22N4O2/c1-2-15-14(19)11-5-7-18(8-6-11)9-12-16-13(17-20-12)10-3-4-10/h10-11H,2-9H2,1H3,(H,15,19). The fourth-order valence-corrected chi connectivity index (χ4v) is 2.70. The van der Waals surface area contributed by atoms with E-state index in [1.54, 1.807) is 0 Å². The van der Waals surface area contributed by atoms with E-state index in [9.17, 15) is 4.79 Å². The molecule has 6 heteroatoms. The van der Waals surface area contributed by atoms with E-state index in [0.717, 1.165) is 31.8 Å². The highest BCUT2D eigenvalue weighted by molar-refractivity contribution is 5.78. The molecule has 3 rings (SSSR count). The van der Waals surface area contributed by atoms with Crippen LogP contribution < -0.4 is 5.32 Å². The van der Waals surface area contributed by atoms with Gasteiger partial charge in [-0.05, 0) is 45.7 Å². The molecule has 0 atom stereocenters. The topological polar surface area (TPSA) is 71.3 Å². The number of nitrogens with one attached hydrogen (secondary N) is 1. The zero-order chi connectivity index (χ0) is 13.9. The molecule has 1 aromatic heterocycles. The third-order valence-corrected chi connectivity index (χ3v) is 4.09. The summed E-state index contributed by atoms with van der Waals surface area (Å²) in [5.74, 6) is 2.48. The van der Waals surface area contributed by atoms with Gasteiger partial charge in [-0.2, -0.15) is 4.98 Å². The van der Waals surface area contributed by atoms with Gasteiger partial charge in [0.1, 0.15) is 0 Å². The van der Waals surface area contributed by atoms with Crippen LogP contribution in [-0.2, 0) is 11.3 Å². The van der Waals surface area contributed by atoms with E-state index in [2.05, 4.69) is 20.4 Å². The maximum Gasteiger partial charge on any atom is 0.240 e. The van der Waals surface area contributed by atoms with Crippen LogP contribution in [0.4, 0.5) is 0 Å². The minimum absolute atomic E-state index is 0.163. The second kappa shape index (κ2) is 5.91. The van der Waals surface area contributed by atoms with Crippen molar-refractivity contribution >= 4 is 5.91 Å². The predicted molar refractivity (Wildman–Crippen MR) is 73.0 cm³/mol. The average Bonchev–Trinajstić information content (AvgIpc) is 3.21. The highest BCUT2D eigenvalue weighted by atomic mass is 16.5. The summed E-state index contributed by atoms with van der Waals surface area (Å²) in [6.07, 6.45) is 4.21. The molecule has 0 unspecified atom stereocenters. The molecule has 1 aliphatic carbocycles. The molecule has 110 valence electrons. The Bertz CT molecular complexity index is 461. The molecule has 2 fully saturated rings. The molecule has 1 aromatic rings. The first-order chi connectivity index (χ1) is 9.76. The highest BCUT2D eigenvalue weighted by Gasteiger charge is 2.30. The van der Waals surface area contributed by atoms with Gasteiger partial charge in [-0.15, -0.1) is 0 Å². The Kier molecular flexibility index (Phi) is 4.00. The first-order valence-electron chi connectivity index (χ1n) is 7.58. The van der Waals surface area contributed by atoms with Crippen molar-refractivity contribution in [2.45, 2.75) is 45.1 Å². The first-order valence-corrected chi connectivity index (χ1v) is 7.58. The molecule has 0 bridgehead atoms. The predicted octanol–water partition coefficient (Wildman–Crippen LogP) is 1.30. The smallest absolute Gasteiger partial charge is 0.240 e. The average molecular weight is 278 g/mol. The number of carbonyl (C=O) groups is 1. The molecule has 1 aliphatic heterocycles. The van der Waals surface area contributed by atoms with Gasteiger partial charge in [0.15, 0.2) is 5.82 Å². The van der Waals surface area contributed by atoms with E-state index in [0.29, 0.717) is 24.9 Å². The molecule has 20 heavy (non-hydrogen) atoms. The third-order valence-electron chi connectivity index (χ3n) is 4.09. The second-order valence-electron chi connectivity index (χ2n) is 5.77. The van der Waals surface area contributed by atoms with Crippen LogP contribution in [0.2, 0.25) is 0 Å². The van der Waals surface area contributed by atoms with Crippen molar-refractivity contribution in [2.75, 3.05) is 19.6 Å². The monoisotopic (exact) mass is 278 g/mol. The van der Waals surface area contributed by atoms with Crippen LogP contribution in [0.5, 0.6) is 0 Å². The minimum Gasteiger partial charge on any atom is -0.356 e. The molecule has 1 amide bonds. The Balaban J connectivity index is 1.46. The fourth-order valence-electron chi connectivity index (χ4n) is 2.70. The van der Waals surface area contributed by atoms with Crippen LogP contribution in [0.15, 0.2) is 4.52 Å². The fraction of sp³-hybridized carbons (Fsp3) is 0.786. The van der Waals surface area contributed by atoms with Crippen molar-refractivity contribution in [3.05, 3.63) is 11.7 Å². The molecular weight excluding hydrogens is 256 g/mol. The van der Waals surface area contributed by atoms with Crippen molar-refractivity contribution in [2.24, 2.45) is 5.92 Å².